The van der Waals surface area contributed by atoms with Gasteiger partial charge in [0.1, 0.15) is 17.8 Å². The number of aromatic nitrogens is 3. The molecule has 2 aliphatic rings. The fourth-order valence-corrected chi connectivity index (χ4v) is 7.80. The number of nitrogens with zero attached hydrogens (tertiary/aromatic N) is 2. The van der Waals surface area contributed by atoms with Crippen molar-refractivity contribution in [1.82, 2.24) is 30.7 Å². The summed E-state index contributed by atoms with van der Waals surface area (Å²) in [5.74, 6) is -1.34. The number of halogens is 2. The van der Waals surface area contributed by atoms with Crippen LogP contribution in [0.1, 0.15) is 87.8 Å². The van der Waals surface area contributed by atoms with Crippen LogP contribution in [-0.2, 0) is 54.2 Å². The fraction of sp³-hybridized carbons (Fsp3) is 0.556. The van der Waals surface area contributed by atoms with Crippen molar-refractivity contribution in [3.8, 4) is 0 Å². The Hall–Kier alpha value is -5.07. The fourth-order valence-electron chi connectivity index (χ4n) is 6.56. The highest BCUT2D eigenvalue weighted by Crippen LogP contribution is 2.67. The minimum atomic E-state index is -5.66. The highest BCUT2D eigenvalue weighted by Gasteiger charge is 2.56. The van der Waals surface area contributed by atoms with Crippen molar-refractivity contribution in [2.45, 2.75) is 109 Å². The van der Waals surface area contributed by atoms with Crippen LogP contribution in [0.15, 0.2) is 36.7 Å². The van der Waals surface area contributed by atoms with E-state index in [0.29, 0.717) is 38.6 Å². The number of H-pyrrole nitrogens is 2. The molecule has 3 amide bonds. The van der Waals surface area contributed by atoms with Gasteiger partial charge in [-0.1, -0.05) is 18.9 Å². The average molecular weight is 825 g/mol. The summed E-state index contributed by atoms with van der Waals surface area (Å²) in [7, 11) is -5.66. The van der Waals surface area contributed by atoms with E-state index in [2.05, 4.69) is 35.3 Å². The van der Waals surface area contributed by atoms with Crippen LogP contribution in [0.4, 0.5) is 18.4 Å². The zero-order valence-corrected chi connectivity index (χ0v) is 32.8. The van der Waals surface area contributed by atoms with E-state index in [9.17, 15) is 28.5 Å². The van der Waals surface area contributed by atoms with Crippen molar-refractivity contribution in [1.29, 1.82) is 0 Å². The van der Waals surface area contributed by atoms with E-state index in [1.165, 1.54) is 39.8 Å². The first-order valence-corrected chi connectivity index (χ1v) is 20.1. The van der Waals surface area contributed by atoms with Gasteiger partial charge in [0.2, 0.25) is 25.4 Å². The predicted octanol–water partition coefficient (Wildman–Crippen LogP) is 5.60. The van der Waals surface area contributed by atoms with Crippen molar-refractivity contribution >= 4 is 48.5 Å². The zero-order chi connectivity index (χ0) is 41.3. The number of carbonyl (C=O) groups is 5. The van der Waals surface area contributed by atoms with Gasteiger partial charge in [-0.3, -0.25) is 33.1 Å². The molecule has 5 rings (SSSR count). The van der Waals surface area contributed by atoms with Crippen LogP contribution in [0.2, 0.25) is 0 Å². The Morgan fingerprint density at radius 3 is 2.26 bits per heavy atom. The lowest BCUT2D eigenvalue weighted by atomic mass is 9.99. The van der Waals surface area contributed by atoms with Crippen LogP contribution >= 0.6 is 7.60 Å². The predicted molar refractivity (Wildman–Crippen MR) is 196 cm³/mol. The second kappa shape index (κ2) is 18.9. The van der Waals surface area contributed by atoms with Crippen molar-refractivity contribution in [3.05, 3.63) is 53.5 Å². The van der Waals surface area contributed by atoms with Gasteiger partial charge in [0, 0.05) is 35.2 Å². The molecular formula is C36H47F2N6O12P. The second-order valence-electron chi connectivity index (χ2n) is 14.1. The number of fused-ring (bicyclic) bond motifs is 2. The Kier molecular flexibility index (Phi) is 14.3. The van der Waals surface area contributed by atoms with Crippen molar-refractivity contribution < 1.29 is 65.3 Å². The van der Waals surface area contributed by atoms with E-state index < -0.39 is 74.9 Å². The van der Waals surface area contributed by atoms with Crippen LogP contribution in [0.25, 0.3) is 10.9 Å². The van der Waals surface area contributed by atoms with Crippen molar-refractivity contribution in [3.63, 3.8) is 0 Å². The highest BCUT2D eigenvalue weighted by molar-refractivity contribution is 7.54. The molecule has 2 saturated heterocycles. The summed E-state index contributed by atoms with van der Waals surface area (Å²) in [4.78, 5) is 68.8. The first-order valence-electron chi connectivity index (χ1n) is 18.5. The minimum Gasteiger partial charge on any atom is -0.432 e. The summed E-state index contributed by atoms with van der Waals surface area (Å²) < 4.78 is 74.2. The monoisotopic (exact) mass is 824 g/mol. The zero-order valence-electron chi connectivity index (χ0n) is 31.9. The standard InChI is InChI=1S/C36H47F2N6O12P/c1-21(2)55-34(48)51-19-53-57(50,54-20-52-35(49)56-22(3)4)36(37,38)25-9-11-27-24(15-25)16-29(42-27)31(45)43-28-8-6-5-7-26-10-12-30(44(26)33(28)47)32(46)39-14-13-23-17-40-41-18-23/h9,11,15-18,21-22,26,28,30,42H,5-8,10,12-14,19-20H2,1-4H3,(H,39,46)(H,40,41)(H,43,45)/t26?,28-,30-/m0/s1. The number of ether oxygens (including phenoxy) is 4. The number of alkyl halides is 2. The normalized spacial score (nSPS) is 18.8. The molecule has 1 unspecified atom stereocenters. The van der Waals surface area contributed by atoms with Crippen LogP contribution in [0.5, 0.6) is 0 Å². The van der Waals surface area contributed by atoms with E-state index in [1.807, 2.05) is 0 Å². The summed E-state index contributed by atoms with van der Waals surface area (Å²) >= 11 is 0. The van der Waals surface area contributed by atoms with Gasteiger partial charge >= 0.3 is 25.6 Å². The van der Waals surface area contributed by atoms with Gasteiger partial charge in [-0.25, -0.2) is 9.59 Å². The number of hydrogen-bond donors (Lipinski definition) is 4. The quantitative estimate of drug-likeness (QED) is 0.0785. The van der Waals surface area contributed by atoms with Gasteiger partial charge in [-0.05, 0) is 83.6 Å². The molecule has 2 aromatic heterocycles. The van der Waals surface area contributed by atoms with Crippen molar-refractivity contribution in [2.24, 2.45) is 0 Å². The Balaban J connectivity index is 1.29. The number of carbonyl (C=O) groups excluding carboxylic acids is 5. The summed E-state index contributed by atoms with van der Waals surface area (Å²) in [5.41, 5.74) is -4.21. The molecule has 312 valence electrons. The van der Waals surface area contributed by atoms with Gasteiger partial charge in [-0.2, -0.15) is 13.9 Å². The summed E-state index contributed by atoms with van der Waals surface area (Å²) in [6, 6.07) is 2.53. The first kappa shape index (κ1) is 43.1. The third-order valence-electron chi connectivity index (χ3n) is 9.23. The summed E-state index contributed by atoms with van der Waals surface area (Å²) in [6.07, 6.45) is 3.79. The largest absolute Gasteiger partial charge is 0.510 e. The van der Waals surface area contributed by atoms with Crippen LogP contribution in [0, 0.1) is 0 Å². The highest BCUT2D eigenvalue weighted by atomic mass is 31.2. The number of benzene rings is 1. The molecule has 3 aromatic rings. The number of hydrogen-bond acceptors (Lipinski definition) is 13. The maximum absolute atomic E-state index is 16.1. The Bertz CT molecular complexity index is 1910. The molecule has 1 aromatic carbocycles. The molecule has 4 N–H and O–H groups in total. The molecule has 0 bridgehead atoms. The molecule has 0 spiro atoms. The number of nitrogens with one attached hydrogen (secondary N) is 4. The maximum Gasteiger partial charge on any atom is 0.510 e. The molecule has 0 saturated carbocycles. The number of aromatic amines is 2. The minimum absolute atomic E-state index is 0.0587. The van der Waals surface area contributed by atoms with Crippen LogP contribution < -0.4 is 10.6 Å². The number of rotatable bonds is 16. The van der Waals surface area contributed by atoms with E-state index >= 15 is 8.78 Å². The van der Waals surface area contributed by atoms with E-state index in [4.69, 9.17) is 18.5 Å². The maximum atomic E-state index is 16.1. The summed E-state index contributed by atoms with van der Waals surface area (Å²) in [5, 5.41) is 12.4. The van der Waals surface area contributed by atoms with E-state index in [-0.39, 0.29) is 34.5 Å². The van der Waals surface area contributed by atoms with Gasteiger partial charge in [0.15, 0.2) is 0 Å². The second-order valence-corrected chi connectivity index (χ2v) is 16.2. The Labute approximate surface area is 326 Å². The Morgan fingerprint density at radius 1 is 0.965 bits per heavy atom. The average Bonchev–Trinajstić information content (AvgIpc) is 3.91. The molecule has 21 heteroatoms. The third kappa shape index (κ3) is 10.9. The van der Waals surface area contributed by atoms with Crippen LogP contribution in [0.3, 0.4) is 0 Å². The molecule has 4 heterocycles. The first-order chi connectivity index (χ1) is 27.1. The lowest BCUT2D eigenvalue weighted by Gasteiger charge is -2.35. The lowest BCUT2D eigenvalue weighted by Crippen LogP contribution is -2.56. The SMILES string of the molecule is CC(C)OC(=O)OCOP(=O)(OCOC(=O)OC(C)C)C(F)(F)c1ccc2[nH]c(C(=O)N[C@H]3CCCCC4CC[C@@H](C(=O)NCCc5cn[nH]c5)N4C3=O)cc2c1. The topological polar surface area (TPSA) is 230 Å². The van der Waals surface area contributed by atoms with Gasteiger partial charge in [-0.15, -0.1) is 0 Å². The summed E-state index contributed by atoms with van der Waals surface area (Å²) in [6.45, 7) is 3.84. The molecule has 0 aliphatic carbocycles. The molecule has 57 heavy (non-hydrogen) atoms. The molecule has 0 radical (unpaired) electrons. The third-order valence-corrected chi connectivity index (χ3v) is 11.1. The molecule has 2 aliphatic heterocycles. The van der Waals surface area contributed by atoms with Crippen molar-refractivity contribution in [2.75, 3.05) is 20.1 Å². The number of amides is 3. The molecule has 2 fully saturated rings. The van der Waals surface area contributed by atoms with Gasteiger partial charge in [0.25, 0.3) is 5.91 Å². The molecule has 3 atom stereocenters. The van der Waals surface area contributed by atoms with E-state index in [1.54, 1.807) is 17.3 Å². The molecular weight excluding hydrogens is 777 g/mol. The smallest absolute Gasteiger partial charge is 0.432 e. The van der Waals surface area contributed by atoms with Gasteiger partial charge in [0.05, 0.1) is 18.4 Å². The van der Waals surface area contributed by atoms with Gasteiger partial charge < -0.3 is 39.5 Å². The van der Waals surface area contributed by atoms with Crippen LogP contribution in [-0.4, -0.2) is 101 Å². The Morgan fingerprint density at radius 2 is 1.63 bits per heavy atom. The lowest BCUT2D eigenvalue weighted by molar-refractivity contribution is -0.142. The van der Waals surface area contributed by atoms with E-state index in [0.717, 1.165) is 30.5 Å². The molecule has 18 nitrogen and oxygen atoms in total.